The summed E-state index contributed by atoms with van der Waals surface area (Å²) in [7, 11) is 1.87. The molecule has 0 spiro atoms. The molecule has 0 aromatic carbocycles. The number of anilines is 3. The maximum Gasteiger partial charge on any atom is 0.222 e. The van der Waals surface area contributed by atoms with Crippen LogP contribution in [0.15, 0.2) is 30.7 Å². The number of nitrogens with zero attached hydrogens (tertiary/aromatic N) is 8. The van der Waals surface area contributed by atoms with Gasteiger partial charge in [0.2, 0.25) is 5.88 Å². The van der Waals surface area contributed by atoms with Crippen LogP contribution in [0.5, 0.6) is 5.88 Å². The Morgan fingerprint density at radius 2 is 2.03 bits per heavy atom. The molecule has 0 amide bonds. The summed E-state index contributed by atoms with van der Waals surface area (Å²) in [5.74, 6) is 3.65. The fourth-order valence-electron chi connectivity index (χ4n) is 4.29. The topological polar surface area (TPSA) is 98.8 Å². The molecule has 1 unspecified atom stereocenters. The van der Waals surface area contributed by atoms with Gasteiger partial charge >= 0.3 is 0 Å². The molecule has 2 aliphatic heterocycles. The van der Waals surface area contributed by atoms with Crippen molar-refractivity contribution < 1.29 is 4.74 Å². The van der Waals surface area contributed by atoms with Crippen LogP contribution in [-0.2, 0) is 7.05 Å². The SMILES string of the molecule is CC1CCCOc2c(cnn2C)-c2nccc(n2)Nc2cc3c(cn2)c(N2CCC2)nn31. The summed E-state index contributed by atoms with van der Waals surface area (Å²) in [4.78, 5) is 16.1. The van der Waals surface area contributed by atoms with Crippen molar-refractivity contribution in [1.82, 2.24) is 34.5 Å². The minimum absolute atomic E-state index is 0.225. The summed E-state index contributed by atoms with van der Waals surface area (Å²) in [6.45, 7) is 4.89. The van der Waals surface area contributed by atoms with E-state index in [1.165, 1.54) is 6.42 Å². The molecule has 4 aromatic heterocycles. The van der Waals surface area contributed by atoms with Crippen molar-refractivity contribution in [3.05, 3.63) is 30.7 Å². The Hall–Kier alpha value is -3.69. The molecule has 6 rings (SSSR count). The number of nitrogens with one attached hydrogen (secondary N) is 1. The first kappa shape index (κ1) is 19.0. The number of hydrogen-bond acceptors (Lipinski definition) is 8. The van der Waals surface area contributed by atoms with E-state index in [9.17, 15) is 0 Å². The van der Waals surface area contributed by atoms with E-state index in [1.807, 2.05) is 19.3 Å². The summed E-state index contributed by atoms with van der Waals surface area (Å²) in [6.07, 6.45) is 8.44. The highest BCUT2D eigenvalue weighted by molar-refractivity contribution is 5.92. The monoisotopic (exact) mass is 431 g/mol. The molecular formula is C22H25N9O. The largest absolute Gasteiger partial charge is 0.477 e. The number of hydrogen-bond donors (Lipinski definition) is 1. The van der Waals surface area contributed by atoms with Gasteiger partial charge in [-0.15, -0.1) is 0 Å². The lowest BCUT2D eigenvalue weighted by atomic mass is 10.2. The maximum atomic E-state index is 6.12. The Bertz CT molecular complexity index is 1290. The number of pyridine rings is 1. The van der Waals surface area contributed by atoms with Crippen molar-refractivity contribution in [2.45, 2.75) is 32.2 Å². The maximum absolute atomic E-state index is 6.12. The second-order valence-electron chi connectivity index (χ2n) is 8.41. The van der Waals surface area contributed by atoms with Gasteiger partial charge in [-0.3, -0.25) is 4.68 Å². The summed E-state index contributed by atoms with van der Waals surface area (Å²) < 4.78 is 9.98. The first-order chi connectivity index (χ1) is 15.7. The Morgan fingerprint density at radius 3 is 2.88 bits per heavy atom. The standard InChI is InChI=1S/C22H25N9O/c1-14-5-3-10-32-22-16(13-25-29(22)2)20-23-7-6-18(27-20)26-19-11-17-15(12-24-19)21(28-31(14)17)30-8-4-9-30/h6-7,11-14H,3-5,8-10H2,1-2H3,(H,23,24,26,27). The van der Waals surface area contributed by atoms with Crippen molar-refractivity contribution in [3.63, 3.8) is 0 Å². The molecule has 0 saturated carbocycles. The van der Waals surface area contributed by atoms with Crippen molar-refractivity contribution >= 4 is 28.4 Å². The molecule has 0 radical (unpaired) electrons. The van der Waals surface area contributed by atoms with E-state index in [-0.39, 0.29) is 6.04 Å². The van der Waals surface area contributed by atoms with Crippen LogP contribution in [-0.4, -0.2) is 54.2 Å². The summed E-state index contributed by atoms with van der Waals surface area (Å²) in [5.41, 5.74) is 1.85. The lowest BCUT2D eigenvalue weighted by Crippen LogP contribution is -2.37. The Balaban J connectivity index is 1.46. The molecule has 1 atom stereocenters. The fraction of sp³-hybridized carbons (Fsp3) is 0.409. The molecule has 10 nitrogen and oxygen atoms in total. The zero-order valence-electron chi connectivity index (χ0n) is 18.2. The van der Waals surface area contributed by atoms with Crippen LogP contribution in [0.4, 0.5) is 17.5 Å². The summed E-state index contributed by atoms with van der Waals surface area (Å²) in [6, 6.07) is 4.12. The second-order valence-corrected chi connectivity index (χ2v) is 8.41. The molecule has 1 N–H and O–H groups in total. The quantitative estimate of drug-likeness (QED) is 0.490. The van der Waals surface area contributed by atoms with Gasteiger partial charge in [0.05, 0.1) is 29.7 Å². The minimum atomic E-state index is 0.225. The fourth-order valence-corrected chi connectivity index (χ4v) is 4.29. The number of aromatic nitrogens is 7. The minimum Gasteiger partial charge on any atom is -0.477 e. The van der Waals surface area contributed by atoms with Crippen LogP contribution in [0.2, 0.25) is 0 Å². The Labute approximate surface area is 185 Å². The van der Waals surface area contributed by atoms with Gasteiger partial charge in [0, 0.05) is 38.6 Å². The molecule has 6 heterocycles. The second kappa shape index (κ2) is 7.47. The highest BCUT2D eigenvalue weighted by atomic mass is 16.5. The third-order valence-electron chi connectivity index (χ3n) is 6.19. The van der Waals surface area contributed by atoms with E-state index in [1.54, 1.807) is 17.1 Å². The molecule has 4 bridgehead atoms. The molecule has 4 aromatic rings. The number of ether oxygens (including phenoxy) is 1. The van der Waals surface area contributed by atoms with E-state index in [0.717, 1.165) is 54.0 Å². The van der Waals surface area contributed by atoms with Gasteiger partial charge < -0.3 is 15.0 Å². The van der Waals surface area contributed by atoms with Gasteiger partial charge in [-0.2, -0.15) is 10.2 Å². The molecule has 164 valence electrons. The van der Waals surface area contributed by atoms with Gasteiger partial charge in [-0.05, 0) is 32.3 Å². The molecule has 2 aliphatic rings. The van der Waals surface area contributed by atoms with Crippen LogP contribution in [0.25, 0.3) is 22.3 Å². The normalized spacial score (nSPS) is 18.3. The van der Waals surface area contributed by atoms with Crippen molar-refractivity contribution in [2.75, 3.05) is 29.9 Å². The van der Waals surface area contributed by atoms with Crippen LogP contribution in [0.1, 0.15) is 32.2 Å². The molecular weight excluding hydrogens is 406 g/mol. The average molecular weight is 432 g/mol. The Morgan fingerprint density at radius 1 is 1.12 bits per heavy atom. The lowest BCUT2D eigenvalue weighted by Gasteiger charge is -2.31. The van der Waals surface area contributed by atoms with Gasteiger partial charge in [0.1, 0.15) is 17.2 Å². The van der Waals surface area contributed by atoms with E-state index in [4.69, 9.17) is 9.84 Å². The van der Waals surface area contributed by atoms with Gasteiger partial charge in [-0.1, -0.05) is 0 Å². The van der Waals surface area contributed by atoms with E-state index < -0.39 is 0 Å². The van der Waals surface area contributed by atoms with Crippen LogP contribution < -0.4 is 15.0 Å². The third kappa shape index (κ3) is 3.14. The summed E-state index contributed by atoms with van der Waals surface area (Å²) in [5, 5.41) is 13.8. The smallest absolute Gasteiger partial charge is 0.222 e. The molecule has 32 heavy (non-hydrogen) atoms. The highest BCUT2D eigenvalue weighted by Gasteiger charge is 2.24. The van der Waals surface area contributed by atoms with Crippen LogP contribution in [0, 0.1) is 0 Å². The van der Waals surface area contributed by atoms with Crippen molar-refractivity contribution in [2.24, 2.45) is 7.05 Å². The van der Waals surface area contributed by atoms with E-state index >= 15 is 0 Å². The van der Waals surface area contributed by atoms with Gasteiger partial charge in [0.25, 0.3) is 0 Å². The predicted octanol–water partition coefficient (Wildman–Crippen LogP) is 3.31. The average Bonchev–Trinajstić information content (AvgIpc) is 3.30. The molecule has 1 saturated heterocycles. The highest BCUT2D eigenvalue weighted by Crippen LogP contribution is 2.34. The third-order valence-corrected chi connectivity index (χ3v) is 6.19. The van der Waals surface area contributed by atoms with Crippen molar-refractivity contribution in [1.29, 1.82) is 0 Å². The van der Waals surface area contributed by atoms with E-state index in [2.05, 4.69) is 47.9 Å². The number of aryl methyl sites for hydroxylation is 1. The number of rotatable bonds is 1. The van der Waals surface area contributed by atoms with Crippen LogP contribution >= 0.6 is 0 Å². The lowest BCUT2D eigenvalue weighted by molar-refractivity contribution is 0.271. The molecule has 10 heteroatoms. The van der Waals surface area contributed by atoms with E-state index in [0.29, 0.717) is 24.1 Å². The van der Waals surface area contributed by atoms with Gasteiger partial charge in [0.15, 0.2) is 11.6 Å². The zero-order chi connectivity index (χ0) is 21.7. The predicted molar refractivity (Wildman–Crippen MR) is 121 cm³/mol. The Kier molecular flexibility index (Phi) is 4.44. The first-order valence-corrected chi connectivity index (χ1v) is 11.1. The van der Waals surface area contributed by atoms with Crippen LogP contribution in [0.3, 0.4) is 0 Å². The summed E-state index contributed by atoms with van der Waals surface area (Å²) >= 11 is 0. The molecule has 1 fully saturated rings. The van der Waals surface area contributed by atoms with Gasteiger partial charge in [-0.25, -0.2) is 19.6 Å². The van der Waals surface area contributed by atoms with Crippen molar-refractivity contribution in [3.8, 4) is 17.3 Å². The molecule has 0 aliphatic carbocycles. The first-order valence-electron chi connectivity index (χ1n) is 11.1. The zero-order valence-corrected chi connectivity index (χ0v) is 18.2. The number of fused-ring (bicyclic) bond motifs is 5.